The molecule has 1 aromatic rings. The van der Waals surface area contributed by atoms with E-state index in [0.717, 1.165) is 24.2 Å². The van der Waals surface area contributed by atoms with E-state index in [1.165, 1.54) is 24.0 Å². The van der Waals surface area contributed by atoms with Crippen LogP contribution >= 0.6 is 0 Å². The fraction of sp³-hybridized carbons (Fsp3) is 0.500. The van der Waals surface area contributed by atoms with Gasteiger partial charge in [-0.2, -0.15) is 0 Å². The Morgan fingerprint density at radius 3 is 1.69 bits per heavy atom. The van der Waals surface area contributed by atoms with E-state index < -0.39 is 0 Å². The quantitative estimate of drug-likeness (QED) is 0.768. The lowest BCUT2D eigenvalue weighted by molar-refractivity contribution is 0.262. The van der Waals surface area contributed by atoms with Crippen LogP contribution in [0.5, 0.6) is 0 Å². The van der Waals surface area contributed by atoms with Crippen LogP contribution in [-0.2, 0) is 22.5 Å². The van der Waals surface area contributed by atoms with Crippen LogP contribution in [0.15, 0.2) is 12.1 Å². The number of hydrogen-bond acceptors (Lipinski definition) is 4. The number of fused-ring (bicyclic) bond motifs is 1. The summed E-state index contributed by atoms with van der Waals surface area (Å²) < 4.78 is 0. The second-order valence-corrected chi connectivity index (χ2v) is 3.99. The molecule has 0 bridgehead atoms. The molecule has 0 saturated heterocycles. The zero-order valence-corrected chi connectivity index (χ0v) is 9.80. The molecule has 4 nitrogen and oxygen atoms in total. The van der Waals surface area contributed by atoms with Crippen molar-refractivity contribution in [3.05, 3.63) is 23.3 Å². The molecule has 16 heavy (non-hydrogen) atoms. The molecule has 1 aliphatic carbocycles. The smallest absolute Gasteiger partial charge is 0.0861 e. The first-order valence-corrected chi connectivity index (χ1v) is 5.59. The van der Waals surface area contributed by atoms with Crippen LogP contribution in [0, 0.1) is 0 Å². The normalized spacial score (nSPS) is 14.4. The van der Waals surface area contributed by atoms with Gasteiger partial charge in [-0.3, -0.25) is 20.6 Å². The zero-order valence-electron chi connectivity index (χ0n) is 9.80. The van der Waals surface area contributed by atoms with Gasteiger partial charge in [-0.25, -0.2) is 0 Å². The summed E-state index contributed by atoms with van der Waals surface area (Å²) in [6.45, 7) is 0. The second-order valence-electron chi connectivity index (χ2n) is 3.99. The number of rotatable bonds is 4. The highest BCUT2D eigenvalue weighted by molar-refractivity contribution is 5.69. The van der Waals surface area contributed by atoms with Gasteiger partial charge in [0.05, 0.1) is 25.6 Å². The minimum absolute atomic E-state index is 0.921. The Kier molecular flexibility index (Phi) is 3.64. The van der Waals surface area contributed by atoms with E-state index in [2.05, 4.69) is 23.1 Å². The SMILES string of the molecule is CONc1cc2c(cc1NOC)CCCC2. The average molecular weight is 222 g/mol. The molecular weight excluding hydrogens is 204 g/mol. The van der Waals surface area contributed by atoms with Crippen molar-refractivity contribution in [2.75, 3.05) is 25.2 Å². The van der Waals surface area contributed by atoms with Crippen LogP contribution < -0.4 is 11.0 Å². The summed E-state index contributed by atoms with van der Waals surface area (Å²) in [6.07, 6.45) is 4.86. The molecule has 0 unspecified atom stereocenters. The van der Waals surface area contributed by atoms with E-state index in [-0.39, 0.29) is 0 Å². The third-order valence-electron chi connectivity index (χ3n) is 2.91. The molecule has 0 saturated carbocycles. The molecule has 0 heterocycles. The summed E-state index contributed by atoms with van der Waals surface area (Å²) in [4.78, 5) is 9.92. The van der Waals surface area contributed by atoms with Crippen LogP contribution in [0.25, 0.3) is 0 Å². The molecule has 0 amide bonds. The Morgan fingerprint density at radius 2 is 1.31 bits per heavy atom. The van der Waals surface area contributed by atoms with Crippen molar-refractivity contribution in [3.8, 4) is 0 Å². The summed E-state index contributed by atoms with van der Waals surface area (Å²) in [5.41, 5.74) is 10.4. The van der Waals surface area contributed by atoms with E-state index in [0.29, 0.717) is 0 Å². The Hall–Kier alpha value is -1.26. The summed E-state index contributed by atoms with van der Waals surface area (Å²) in [7, 11) is 3.21. The highest BCUT2D eigenvalue weighted by Crippen LogP contribution is 2.31. The molecule has 4 heteroatoms. The molecule has 2 N–H and O–H groups in total. The zero-order chi connectivity index (χ0) is 11.4. The lowest BCUT2D eigenvalue weighted by Crippen LogP contribution is -2.08. The third-order valence-corrected chi connectivity index (χ3v) is 2.91. The van der Waals surface area contributed by atoms with E-state index in [1.807, 2.05) is 0 Å². The highest BCUT2D eigenvalue weighted by Gasteiger charge is 2.13. The van der Waals surface area contributed by atoms with Crippen LogP contribution in [0.4, 0.5) is 11.4 Å². The van der Waals surface area contributed by atoms with Gasteiger partial charge in [0.25, 0.3) is 0 Å². The van der Waals surface area contributed by atoms with Gasteiger partial charge >= 0.3 is 0 Å². The standard InChI is InChI=1S/C12H18N2O2/c1-15-13-11-7-9-5-3-4-6-10(9)8-12(11)14-16-2/h7-8,13-14H,3-6H2,1-2H3. The first-order valence-electron chi connectivity index (χ1n) is 5.59. The summed E-state index contributed by atoms with van der Waals surface area (Å²) in [5, 5.41) is 0. The number of benzene rings is 1. The number of anilines is 2. The molecule has 1 aliphatic rings. The first kappa shape index (κ1) is 11.2. The van der Waals surface area contributed by atoms with E-state index >= 15 is 0 Å². The molecule has 0 spiro atoms. The summed E-state index contributed by atoms with van der Waals surface area (Å²) in [6, 6.07) is 4.28. The van der Waals surface area contributed by atoms with Gasteiger partial charge in [0.2, 0.25) is 0 Å². The van der Waals surface area contributed by atoms with Crippen molar-refractivity contribution in [1.82, 2.24) is 0 Å². The van der Waals surface area contributed by atoms with Crippen molar-refractivity contribution in [2.45, 2.75) is 25.7 Å². The molecule has 0 radical (unpaired) electrons. The van der Waals surface area contributed by atoms with Crippen molar-refractivity contribution in [1.29, 1.82) is 0 Å². The predicted octanol–water partition coefficient (Wildman–Crippen LogP) is 2.51. The maximum absolute atomic E-state index is 4.96. The van der Waals surface area contributed by atoms with Gasteiger partial charge in [-0.1, -0.05) is 0 Å². The van der Waals surface area contributed by atoms with Crippen molar-refractivity contribution in [3.63, 3.8) is 0 Å². The third kappa shape index (κ3) is 2.28. The van der Waals surface area contributed by atoms with E-state index in [1.54, 1.807) is 14.2 Å². The van der Waals surface area contributed by atoms with Gasteiger partial charge in [-0.15, -0.1) is 0 Å². The number of nitrogens with one attached hydrogen (secondary N) is 2. The summed E-state index contributed by atoms with van der Waals surface area (Å²) in [5.74, 6) is 0. The van der Waals surface area contributed by atoms with E-state index in [9.17, 15) is 0 Å². The Balaban J connectivity index is 2.33. The molecule has 0 aromatic heterocycles. The van der Waals surface area contributed by atoms with Gasteiger partial charge in [0, 0.05) is 0 Å². The molecular formula is C12H18N2O2. The van der Waals surface area contributed by atoms with Gasteiger partial charge in [0.15, 0.2) is 0 Å². The molecule has 2 rings (SSSR count). The van der Waals surface area contributed by atoms with Gasteiger partial charge < -0.3 is 0 Å². The molecule has 0 atom stereocenters. The second kappa shape index (κ2) is 5.18. The van der Waals surface area contributed by atoms with Crippen molar-refractivity contribution in [2.24, 2.45) is 0 Å². The van der Waals surface area contributed by atoms with Crippen LogP contribution in [-0.4, -0.2) is 14.2 Å². The molecule has 88 valence electrons. The highest BCUT2D eigenvalue weighted by atomic mass is 16.6. The fourth-order valence-corrected chi connectivity index (χ4v) is 2.17. The topological polar surface area (TPSA) is 42.5 Å². The van der Waals surface area contributed by atoms with Gasteiger partial charge in [-0.05, 0) is 48.9 Å². The van der Waals surface area contributed by atoms with Crippen LogP contribution in [0.3, 0.4) is 0 Å². The van der Waals surface area contributed by atoms with Crippen molar-refractivity contribution >= 4 is 11.4 Å². The Morgan fingerprint density at radius 1 is 0.875 bits per heavy atom. The minimum Gasteiger partial charge on any atom is -0.279 e. The lowest BCUT2D eigenvalue weighted by Gasteiger charge is -2.20. The number of aryl methyl sites for hydroxylation is 2. The largest absolute Gasteiger partial charge is 0.279 e. The molecule has 0 fully saturated rings. The fourth-order valence-electron chi connectivity index (χ4n) is 2.17. The Bertz CT molecular complexity index is 331. The number of hydrogen-bond donors (Lipinski definition) is 2. The summed E-state index contributed by atoms with van der Waals surface area (Å²) >= 11 is 0. The maximum atomic E-state index is 4.96. The monoisotopic (exact) mass is 222 g/mol. The molecule has 0 aliphatic heterocycles. The minimum atomic E-state index is 0.921. The lowest BCUT2D eigenvalue weighted by atomic mass is 9.91. The molecule has 1 aromatic carbocycles. The maximum Gasteiger partial charge on any atom is 0.0861 e. The average Bonchev–Trinajstić information content (AvgIpc) is 2.30. The van der Waals surface area contributed by atoms with Gasteiger partial charge in [0.1, 0.15) is 0 Å². The van der Waals surface area contributed by atoms with Crippen LogP contribution in [0.2, 0.25) is 0 Å². The van der Waals surface area contributed by atoms with E-state index in [4.69, 9.17) is 9.68 Å². The first-order chi connectivity index (χ1) is 7.85. The van der Waals surface area contributed by atoms with Crippen molar-refractivity contribution < 1.29 is 9.68 Å². The van der Waals surface area contributed by atoms with Crippen LogP contribution in [0.1, 0.15) is 24.0 Å². The predicted molar refractivity (Wildman–Crippen MR) is 64.3 cm³/mol. The Labute approximate surface area is 95.9 Å².